The van der Waals surface area contributed by atoms with Gasteiger partial charge in [-0.25, -0.2) is 0 Å². The number of nitrogens with zero attached hydrogens (tertiary/aromatic N) is 1. The molecule has 0 amide bonds. The van der Waals surface area contributed by atoms with Crippen LogP contribution < -0.4 is 0 Å². The summed E-state index contributed by atoms with van der Waals surface area (Å²) in [4.78, 5) is 3.16. The molecule has 2 aromatic rings. The van der Waals surface area contributed by atoms with Crippen LogP contribution in [0.1, 0.15) is 49.6 Å². The first-order chi connectivity index (χ1) is 8.50. The maximum Gasteiger partial charge on any atom is 0.177 e. The van der Waals surface area contributed by atoms with E-state index >= 15 is 0 Å². The molecule has 0 aliphatic rings. The van der Waals surface area contributed by atoms with Gasteiger partial charge in [0.15, 0.2) is 4.77 Å². The van der Waals surface area contributed by atoms with Crippen molar-refractivity contribution in [3.63, 3.8) is 0 Å². The Morgan fingerprint density at radius 1 is 1.11 bits per heavy atom. The average Bonchev–Trinajstić information content (AvgIpc) is 2.71. The molecule has 1 unspecified atom stereocenters. The number of benzene rings is 1. The van der Waals surface area contributed by atoms with Crippen molar-refractivity contribution in [1.82, 2.24) is 9.55 Å². The minimum absolute atomic E-state index is 0.266. The van der Waals surface area contributed by atoms with Gasteiger partial charge >= 0.3 is 0 Å². The lowest BCUT2D eigenvalue weighted by molar-refractivity contribution is 0.582. The van der Waals surface area contributed by atoms with Gasteiger partial charge in [-0.05, 0) is 37.5 Å². The summed E-state index contributed by atoms with van der Waals surface area (Å²) in [6.45, 7) is 8.68. The fourth-order valence-electron chi connectivity index (χ4n) is 2.23. The van der Waals surface area contributed by atoms with Crippen LogP contribution in [0.15, 0.2) is 30.5 Å². The van der Waals surface area contributed by atoms with Crippen molar-refractivity contribution in [2.45, 2.75) is 39.7 Å². The van der Waals surface area contributed by atoms with Gasteiger partial charge in [0.2, 0.25) is 0 Å². The Kier molecular flexibility index (Phi) is 3.71. The van der Waals surface area contributed by atoms with E-state index in [1.807, 2.05) is 6.20 Å². The number of nitrogens with one attached hydrogen (secondary N) is 1. The Morgan fingerprint density at radius 3 is 2.28 bits per heavy atom. The second-order valence-corrected chi connectivity index (χ2v) is 5.52. The number of H-pyrrole nitrogens is 1. The van der Waals surface area contributed by atoms with Crippen molar-refractivity contribution in [2.24, 2.45) is 0 Å². The lowest BCUT2D eigenvalue weighted by Crippen LogP contribution is -2.11. The molecule has 1 aromatic carbocycles. The molecule has 96 valence electrons. The third-order valence-electron chi connectivity index (χ3n) is 3.38. The average molecular weight is 260 g/mol. The number of rotatable bonds is 3. The Bertz CT molecular complexity index is 575. The Hall–Kier alpha value is -1.35. The second kappa shape index (κ2) is 5.11. The second-order valence-electron chi connectivity index (χ2n) is 5.13. The molecule has 1 heterocycles. The van der Waals surface area contributed by atoms with Gasteiger partial charge in [0.05, 0.1) is 6.04 Å². The predicted molar refractivity (Wildman–Crippen MR) is 78.7 cm³/mol. The standard InChI is InChI=1S/C15H20N2S/c1-10(2)14-9-16-15(18)17(14)12(4)13-7-5-11(3)6-8-13/h5-10,12H,1-4H3,(H,16,18). The van der Waals surface area contributed by atoms with Crippen LogP contribution in [0.4, 0.5) is 0 Å². The molecule has 0 spiro atoms. The Labute approximate surface area is 114 Å². The van der Waals surface area contributed by atoms with Gasteiger partial charge in [0.25, 0.3) is 0 Å². The molecule has 2 rings (SSSR count). The lowest BCUT2D eigenvalue weighted by atomic mass is 10.0. The van der Waals surface area contributed by atoms with Gasteiger partial charge in [-0.2, -0.15) is 0 Å². The van der Waals surface area contributed by atoms with E-state index in [9.17, 15) is 0 Å². The number of aryl methyl sites for hydroxylation is 1. The van der Waals surface area contributed by atoms with Gasteiger partial charge in [0.1, 0.15) is 0 Å². The summed E-state index contributed by atoms with van der Waals surface area (Å²) in [5, 5.41) is 0. The predicted octanol–water partition coefficient (Wildman–Crippen LogP) is 4.59. The SMILES string of the molecule is Cc1ccc(C(C)n2c(C(C)C)c[nH]c2=S)cc1. The van der Waals surface area contributed by atoms with Crippen LogP contribution in [-0.4, -0.2) is 9.55 Å². The van der Waals surface area contributed by atoms with Crippen molar-refractivity contribution in [3.05, 3.63) is 52.1 Å². The summed E-state index contributed by atoms with van der Waals surface area (Å²) in [7, 11) is 0. The fraction of sp³-hybridized carbons (Fsp3) is 0.400. The first-order valence-corrected chi connectivity index (χ1v) is 6.78. The van der Waals surface area contributed by atoms with Crippen LogP contribution in [0, 0.1) is 11.7 Å². The maximum atomic E-state index is 5.40. The molecule has 0 radical (unpaired) electrons. The molecule has 0 saturated carbocycles. The van der Waals surface area contributed by atoms with E-state index in [-0.39, 0.29) is 6.04 Å². The molecule has 0 aliphatic heterocycles. The van der Waals surface area contributed by atoms with Gasteiger partial charge in [-0.1, -0.05) is 43.7 Å². The topological polar surface area (TPSA) is 20.7 Å². The Morgan fingerprint density at radius 2 is 1.72 bits per heavy atom. The number of imidazole rings is 1. The quantitative estimate of drug-likeness (QED) is 0.801. The normalized spacial score (nSPS) is 12.9. The highest BCUT2D eigenvalue weighted by atomic mass is 32.1. The first-order valence-electron chi connectivity index (χ1n) is 6.37. The summed E-state index contributed by atoms with van der Waals surface area (Å²) in [6, 6.07) is 8.92. The number of hydrogen-bond acceptors (Lipinski definition) is 1. The van der Waals surface area contributed by atoms with E-state index in [2.05, 4.69) is 61.5 Å². The van der Waals surface area contributed by atoms with Crippen molar-refractivity contribution < 1.29 is 0 Å². The van der Waals surface area contributed by atoms with Crippen LogP contribution >= 0.6 is 12.2 Å². The molecule has 0 bridgehead atoms. The first kappa shape index (κ1) is 13.1. The highest BCUT2D eigenvalue weighted by Crippen LogP contribution is 2.24. The summed E-state index contributed by atoms with van der Waals surface area (Å²) < 4.78 is 3.01. The van der Waals surface area contributed by atoms with Gasteiger partial charge in [-0.15, -0.1) is 0 Å². The summed E-state index contributed by atoms with van der Waals surface area (Å²) in [5.41, 5.74) is 3.83. The van der Waals surface area contributed by atoms with Gasteiger partial charge < -0.3 is 9.55 Å². The summed E-state index contributed by atoms with van der Waals surface area (Å²) in [6.07, 6.45) is 2.03. The third-order valence-corrected chi connectivity index (χ3v) is 3.69. The molecular weight excluding hydrogens is 240 g/mol. The minimum Gasteiger partial charge on any atom is -0.337 e. The molecule has 2 nitrogen and oxygen atoms in total. The fourth-order valence-corrected chi connectivity index (χ4v) is 2.55. The van der Waals surface area contributed by atoms with Crippen LogP contribution in [0.2, 0.25) is 0 Å². The van der Waals surface area contributed by atoms with Crippen molar-refractivity contribution >= 4 is 12.2 Å². The maximum absolute atomic E-state index is 5.40. The molecule has 0 fully saturated rings. The molecule has 1 N–H and O–H groups in total. The van der Waals surface area contributed by atoms with Gasteiger partial charge in [0, 0.05) is 11.9 Å². The number of hydrogen-bond donors (Lipinski definition) is 1. The van der Waals surface area contributed by atoms with Crippen molar-refractivity contribution in [3.8, 4) is 0 Å². The van der Waals surface area contributed by atoms with Crippen LogP contribution in [0.25, 0.3) is 0 Å². The van der Waals surface area contributed by atoms with Crippen LogP contribution in [0.3, 0.4) is 0 Å². The highest BCUT2D eigenvalue weighted by molar-refractivity contribution is 7.71. The van der Waals surface area contributed by atoms with Crippen molar-refractivity contribution in [1.29, 1.82) is 0 Å². The van der Waals surface area contributed by atoms with E-state index in [1.165, 1.54) is 16.8 Å². The van der Waals surface area contributed by atoms with E-state index < -0.39 is 0 Å². The zero-order valence-corrected chi connectivity index (χ0v) is 12.2. The Balaban J connectivity index is 2.45. The molecule has 1 atom stereocenters. The zero-order chi connectivity index (χ0) is 13.3. The van der Waals surface area contributed by atoms with Crippen LogP contribution in [-0.2, 0) is 0 Å². The molecule has 1 aromatic heterocycles. The molecule has 3 heteroatoms. The lowest BCUT2D eigenvalue weighted by Gasteiger charge is -2.19. The minimum atomic E-state index is 0.266. The highest BCUT2D eigenvalue weighted by Gasteiger charge is 2.15. The van der Waals surface area contributed by atoms with Crippen LogP contribution in [0.5, 0.6) is 0 Å². The third kappa shape index (κ3) is 2.41. The molecule has 0 saturated heterocycles. The van der Waals surface area contributed by atoms with E-state index in [4.69, 9.17) is 12.2 Å². The van der Waals surface area contributed by atoms with Crippen molar-refractivity contribution in [2.75, 3.05) is 0 Å². The van der Waals surface area contributed by atoms with E-state index in [0.717, 1.165) is 4.77 Å². The number of aromatic amines is 1. The van der Waals surface area contributed by atoms with E-state index in [0.29, 0.717) is 5.92 Å². The zero-order valence-electron chi connectivity index (χ0n) is 11.4. The molecule has 0 aliphatic carbocycles. The summed E-state index contributed by atoms with van der Waals surface area (Å²) in [5.74, 6) is 0.464. The monoisotopic (exact) mass is 260 g/mol. The summed E-state index contributed by atoms with van der Waals surface area (Å²) >= 11 is 5.40. The molecule has 18 heavy (non-hydrogen) atoms. The van der Waals surface area contributed by atoms with E-state index in [1.54, 1.807) is 0 Å². The number of aromatic nitrogens is 2. The molecular formula is C15H20N2S. The largest absolute Gasteiger partial charge is 0.337 e. The smallest absolute Gasteiger partial charge is 0.177 e. The van der Waals surface area contributed by atoms with Gasteiger partial charge in [-0.3, -0.25) is 0 Å².